The summed E-state index contributed by atoms with van der Waals surface area (Å²) in [6.07, 6.45) is 18.8. The van der Waals surface area contributed by atoms with Crippen LogP contribution in [0.25, 0.3) is 0 Å². The van der Waals surface area contributed by atoms with Crippen molar-refractivity contribution in [3.63, 3.8) is 0 Å². The highest BCUT2D eigenvalue weighted by Gasteiger charge is 2.23. The largest absolute Gasteiger partial charge is 0.466 e. The highest BCUT2D eigenvalue weighted by molar-refractivity contribution is 5.72. The second-order valence-electron chi connectivity index (χ2n) is 11.7. The molecule has 0 saturated heterocycles. The molecule has 4 heteroatoms. The highest BCUT2D eigenvalue weighted by Crippen LogP contribution is 2.22. The Morgan fingerprint density at radius 1 is 0.514 bits per heavy atom. The lowest BCUT2D eigenvalue weighted by molar-refractivity contribution is -0.150. The van der Waals surface area contributed by atoms with E-state index in [4.69, 9.17) is 9.47 Å². The molecule has 0 spiro atoms. The number of carbonyl (C=O) groups excluding carboxylic acids is 2. The van der Waals surface area contributed by atoms with Crippen molar-refractivity contribution < 1.29 is 19.1 Å². The molecule has 1 unspecified atom stereocenters. The Hall–Kier alpha value is -1.06. The zero-order chi connectivity index (χ0) is 26.3. The molecule has 208 valence electrons. The fraction of sp³-hybridized carbons (Fsp3) is 0.935. The van der Waals surface area contributed by atoms with E-state index < -0.39 is 0 Å². The Morgan fingerprint density at radius 2 is 0.943 bits per heavy atom. The molecule has 1 atom stereocenters. The van der Waals surface area contributed by atoms with E-state index in [-0.39, 0.29) is 17.9 Å². The molecule has 0 radical (unpaired) electrons. The van der Waals surface area contributed by atoms with Gasteiger partial charge in [0.15, 0.2) is 0 Å². The summed E-state index contributed by atoms with van der Waals surface area (Å²) in [7, 11) is 0. The minimum absolute atomic E-state index is 0.0135. The Morgan fingerprint density at radius 3 is 1.43 bits per heavy atom. The molecule has 0 aromatic carbocycles. The lowest BCUT2D eigenvalue weighted by atomic mass is 9.90. The van der Waals surface area contributed by atoms with E-state index in [2.05, 4.69) is 41.5 Å². The Kier molecular flexibility index (Phi) is 22.6. The van der Waals surface area contributed by atoms with E-state index in [1.54, 1.807) is 0 Å². The number of unbranched alkanes of at least 4 members (excludes halogenated alkanes) is 10. The number of carbonyl (C=O) groups is 2. The van der Waals surface area contributed by atoms with Gasteiger partial charge in [-0.1, -0.05) is 106 Å². The van der Waals surface area contributed by atoms with Crippen molar-refractivity contribution in [1.82, 2.24) is 0 Å². The van der Waals surface area contributed by atoms with Gasteiger partial charge in [-0.05, 0) is 56.3 Å². The summed E-state index contributed by atoms with van der Waals surface area (Å²) in [5.41, 5.74) is 0. The molecule has 0 amide bonds. The molecule has 0 N–H and O–H groups in total. The predicted molar refractivity (Wildman–Crippen MR) is 148 cm³/mol. The normalized spacial score (nSPS) is 12.5. The fourth-order valence-electron chi connectivity index (χ4n) is 4.44. The highest BCUT2D eigenvalue weighted by atomic mass is 16.5. The van der Waals surface area contributed by atoms with E-state index in [0.29, 0.717) is 25.6 Å². The maximum atomic E-state index is 12.5. The summed E-state index contributed by atoms with van der Waals surface area (Å²) >= 11 is 0. The van der Waals surface area contributed by atoms with Crippen LogP contribution in [0.3, 0.4) is 0 Å². The lowest BCUT2D eigenvalue weighted by Gasteiger charge is -2.19. The predicted octanol–water partition coefficient (Wildman–Crippen LogP) is 9.29. The molecule has 0 aliphatic heterocycles. The van der Waals surface area contributed by atoms with E-state index in [9.17, 15) is 9.59 Å². The Balaban J connectivity index is 3.59. The Labute approximate surface area is 218 Å². The van der Waals surface area contributed by atoms with E-state index in [1.165, 1.54) is 51.4 Å². The zero-order valence-electron chi connectivity index (χ0n) is 24.4. The van der Waals surface area contributed by atoms with Gasteiger partial charge in [0.2, 0.25) is 0 Å². The van der Waals surface area contributed by atoms with Crippen molar-refractivity contribution >= 4 is 11.9 Å². The molecule has 0 bridgehead atoms. The molecule has 0 rings (SSSR count). The number of hydrogen-bond donors (Lipinski definition) is 0. The molecule has 35 heavy (non-hydrogen) atoms. The molecular weight excluding hydrogens is 436 g/mol. The molecule has 0 aromatic heterocycles. The van der Waals surface area contributed by atoms with E-state index in [1.807, 2.05) is 0 Å². The van der Waals surface area contributed by atoms with Crippen molar-refractivity contribution in [2.24, 2.45) is 23.7 Å². The lowest BCUT2D eigenvalue weighted by Crippen LogP contribution is -2.23. The number of rotatable bonds is 24. The number of hydrogen-bond acceptors (Lipinski definition) is 4. The monoisotopic (exact) mass is 496 g/mol. The average molecular weight is 497 g/mol. The van der Waals surface area contributed by atoms with Crippen molar-refractivity contribution in [2.75, 3.05) is 13.2 Å². The fourth-order valence-corrected chi connectivity index (χ4v) is 4.44. The van der Waals surface area contributed by atoms with Gasteiger partial charge in [0, 0.05) is 6.42 Å². The van der Waals surface area contributed by atoms with Crippen LogP contribution in [-0.4, -0.2) is 25.2 Å². The summed E-state index contributed by atoms with van der Waals surface area (Å²) in [5, 5.41) is 0. The molecule has 0 aliphatic carbocycles. The van der Waals surface area contributed by atoms with Crippen molar-refractivity contribution in [1.29, 1.82) is 0 Å². The van der Waals surface area contributed by atoms with Crippen LogP contribution in [0.4, 0.5) is 0 Å². The smallest absolute Gasteiger partial charge is 0.309 e. The van der Waals surface area contributed by atoms with Gasteiger partial charge in [0.1, 0.15) is 0 Å². The van der Waals surface area contributed by atoms with Gasteiger partial charge in [-0.3, -0.25) is 9.59 Å². The van der Waals surface area contributed by atoms with Gasteiger partial charge in [0.25, 0.3) is 0 Å². The van der Waals surface area contributed by atoms with Crippen molar-refractivity contribution in [2.45, 2.75) is 151 Å². The molecular formula is C31H60O4. The summed E-state index contributed by atoms with van der Waals surface area (Å²) in [6, 6.07) is 0. The topological polar surface area (TPSA) is 52.6 Å². The van der Waals surface area contributed by atoms with Crippen LogP contribution < -0.4 is 0 Å². The minimum atomic E-state index is -0.0238. The molecule has 4 nitrogen and oxygen atoms in total. The quantitative estimate of drug-likeness (QED) is 0.0986. The van der Waals surface area contributed by atoms with Crippen molar-refractivity contribution in [3.8, 4) is 0 Å². The Bertz CT molecular complexity index is 498. The summed E-state index contributed by atoms with van der Waals surface area (Å²) in [4.78, 5) is 24.2. The van der Waals surface area contributed by atoms with E-state index in [0.717, 1.165) is 63.2 Å². The number of esters is 2. The van der Waals surface area contributed by atoms with Gasteiger partial charge in [0.05, 0.1) is 19.1 Å². The van der Waals surface area contributed by atoms with Gasteiger partial charge in [-0.2, -0.15) is 0 Å². The van der Waals surface area contributed by atoms with Crippen LogP contribution in [0, 0.1) is 23.7 Å². The maximum absolute atomic E-state index is 12.5. The zero-order valence-corrected chi connectivity index (χ0v) is 24.4. The van der Waals surface area contributed by atoms with Crippen LogP contribution in [0.15, 0.2) is 0 Å². The van der Waals surface area contributed by atoms with Crippen LogP contribution in [0.5, 0.6) is 0 Å². The average Bonchev–Trinajstić information content (AvgIpc) is 2.78. The second kappa shape index (κ2) is 23.3. The molecule has 0 fully saturated rings. The van der Waals surface area contributed by atoms with E-state index >= 15 is 0 Å². The first kappa shape index (κ1) is 33.9. The van der Waals surface area contributed by atoms with Crippen molar-refractivity contribution in [3.05, 3.63) is 0 Å². The third-order valence-electron chi connectivity index (χ3n) is 6.86. The first-order chi connectivity index (χ1) is 16.7. The maximum Gasteiger partial charge on any atom is 0.309 e. The van der Waals surface area contributed by atoms with Crippen LogP contribution in [0.1, 0.15) is 151 Å². The van der Waals surface area contributed by atoms with Crippen LogP contribution >= 0.6 is 0 Å². The van der Waals surface area contributed by atoms with Gasteiger partial charge < -0.3 is 9.47 Å². The summed E-state index contributed by atoms with van der Waals surface area (Å²) in [6.45, 7) is 14.4. The summed E-state index contributed by atoms with van der Waals surface area (Å²) in [5.74, 6) is 1.84. The first-order valence-electron chi connectivity index (χ1n) is 15.1. The SMILES string of the molecule is CC(C)CCCCOC(=O)CCCCCCCCCCCC(C(=O)OCCCCC(C)C)C(C)C. The van der Waals surface area contributed by atoms with Gasteiger partial charge in [-0.25, -0.2) is 0 Å². The van der Waals surface area contributed by atoms with Crippen LogP contribution in [-0.2, 0) is 19.1 Å². The standard InChI is InChI=1S/C31H60O4/c1-26(2)20-16-18-24-34-30(32)23-15-13-11-9-7-8-10-12-14-22-29(28(5)6)31(33)35-25-19-17-21-27(3)4/h26-29H,7-25H2,1-6H3. The third kappa shape index (κ3) is 23.1. The molecule has 0 saturated carbocycles. The summed E-state index contributed by atoms with van der Waals surface area (Å²) < 4.78 is 10.9. The molecule has 0 aliphatic rings. The molecule has 0 heterocycles. The molecule has 0 aromatic rings. The second-order valence-corrected chi connectivity index (χ2v) is 11.7. The number of ether oxygens (including phenoxy) is 2. The van der Waals surface area contributed by atoms with Gasteiger partial charge >= 0.3 is 11.9 Å². The van der Waals surface area contributed by atoms with Crippen LogP contribution in [0.2, 0.25) is 0 Å². The first-order valence-corrected chi connectivity index (χ1v) is 15.1. The third-order valence-corrected chi connectivity index (χ3v) is 6.86. The minimum Gasteiger partial charge on any atom is -0.466 e. The van der Waals surface area contributed by atoms with Gasteiger partial charge in [-0.15, -0.1) is 0 Å².